The van der Waals surface area contributed by atoms with Gasteiger partial charge in [-0.05, 0) is 41.1 Å². The second-order valence-corrected chi connectivity index (χ2v) is 5.79. The monoisotopic (exact) mass is 249 g/mol. The topological polar surface area (TPSA) is 12.0 Å². The Morgan fingerprint density at radius 1 is 0.842 bits per heavy atom. The van der Waals surface area contributed by atoms with Crippen LogP contribution in [0.15, 0.2) is 48.5 Å². The first kappa shape index (κ1) is 11.2. The zero-order valence-electron chi connectivity index (χ0n) is 11.1. The van der Waals surface area contributed by atoms with Crippen molar-refractivity contribution in [1.82, 2.24) is 5.32 Å². The van der Waals surface area contributed by atoms with E-state index in [9.17, 15) is 0 Å². The first-order chi connectivity index (χ1) is 9.43. The molecule has 0 bridgehead atoms. The predicted octanol–water partition coefficient (Wildman–Crippen LogP) is 4.15. The van der Waals surface area contributed by atoms with Gasteiger partial charge >= 0.3 is 0 Å². The summed E-state index contributed by atoms with van der Waals surface area (Å²) in [4.78, 5) is 0. The van der Waals surface area contributed by atoms with Crippen molar-refractivity contribution in [3.63, 3.8) is 0 Å². The second kappa shape index (κ2) is 4.50. The first-order valence-corrected chi connectivity index (χ1v) is 7.35. The maximum atomic E-state index is 3.77. The summed E-state index contributed by atoms with van der Waals surface area (Å²) in [6.45, 7) is 1.14. The Balaban J connectivity index is 1.65. The van der Waals surface area contributed by atoms with E-state index < -0.39 is 0 Å². The highest BCUT2D eigenvalue weighted by Gasteiger charge is 2.28. The van der Waals surface area contributed by atoms with E-state index in [1.54, 1.807) is 0 Å². The molecule has 0 amide bonds. The van der Waals surface area contributed by atoms with Crippen molar-refractivity contribution in [2.75, 3.05) is 6.54 Å². The van der Waals surface area contributed by atoms with Crippen molar-refractivity contribution in [1.29, 1.82) is 0 Å². The molecule has 0 aromatic heterocycles. The average Bonchev–Trinajstić information content (AvgIpc) is 3.23. The van der Waals surface area contributed by atoms with Crippen LogP contribution in [-0.2, 0) is 0 Å². The fourth-order valence-electron chi connectivity index (χ4n) is 3.21. The van der Waals surface area contributed by atoms with E-state index in [0.29, 0.717) is 6.04 Å². The van der Waals surface area contributed by atoms with E-state index in [0.717, 1.165) is 12.5 Å². The van der Waals surface area contributed by atoms with Crippen LogP contribution in [0, 0.1) is 5.92 Å². The van der Waals surface area contributed by atoms with Gasteiger partial charge in [-0.2, -0.15) is 0 Å². The molecule has 0 spiro atoms. The number of rotatable bonds is 4. The minimum Gasteiger partial charge on any atom is -0.306 e. The molecule has 2 aliphatic carbocycles. The van der Waals surface area contributed by atoms with Crippen LogP contribution < -0.4 is 5.32 Å². The summed E-state index contributed by atoms with van der Waals surface area (Å²) < 4.78 is 0. The molecule has 0 saturated heterocycles. The Bertz CT molecular complexity index is 553. The van der Waals surface area contributed by atoms with Crippen molar-refractivity contribution in [2.45, 2.75) is 25.3 Å². The van der Waals surface area contributed by atoms with Gasteiger partial charge in [0.25, 0.3) is 0 Å². The molecule has 0 aliphatic heterocycles. The number of benzene rings is 2. The fraction of sp³-hybridized carbons (Fsp3) is 0.333. The number of hydrogen-bond acceptors (Lipinski definition) is 1. The van der Waals surface area contributed by atoms with Crippen LogP contribution in [-0.4, -0.2) is 6.54 Å². The Morgan fingerprint density at radius 2 is 1.42 bits per heavy atom. The SMILES string of the molecule is c1ccc2c(c1)-c1ccccc1C2NCCC1CC1. The third-order valence-corrected chi connectivity index (χ3v) is 4.43. The summed E-state index contributed by atoms with van der Waals surface area (Å²) in [7, 11) is 0. The van der Waals surface area contributed by atoms with Gasteiger partial charge in [0.05, 0.1) is 6.04 Å². The Hall–Kier alpha value is -1.60. The largest absolute Gasteiger partial charge is 0.306 e. The van der Waals surface area contributed by atoms with Crippen LogP contribution in [0.3, 0.4) is 0 Å². The quantitative estimate of drug-likeness (QED) is 0.858. The molecule has 19 heavy (non-hydrogen) atoms. The van der Waals surface area contributed by atoms with Crippen LogP contribution >= 0.6 is 0 Å². The highest BCUT2D eigenvalue weighted by Crippen LogP contribution is 2.43. The first-order valence-electron chi connectivity index (χ1n) is 7.35. The number of hydrogen-bond donors (Lipinski definition) is 1. The van der Waals surface area contributed by atoms with Crippen molar-refractivity contribution in [3.05, 3.63) is 59.7 Å². The van der Waals surface area contributed by atoms with Gasteiger partial charge in [0.15, 0.2) is 0 Å². The summed E-state index contributed by atoms with van der Waals surface area (Å²) in [5.41, 5.74) is 5.70. The molecule has 2 aromatic carbocycles. The van der Waals surface area contributed by atoms with Gasteiger partial charge < -0.3 is 5.32 Å². The van der Waals surface area contributed by atoms with E-state index in [4.69, 9.17) is 0 Å². The minimum absolute atomic E-state index is 0.395. The van der Waals surface area contributed by atoms with E-state index in [2.05, 4.69) is 53.8 Å². The van der Waals surface area contributed by atoms with Gasteiger partial charge in [-0.15, -0.1) is 0 Å². The third-order valence-electron chi connectivity index (χ3n) is 4.43. The summed E-state index contributed by atoms with van der Waals surface area (Å²) in [5, 5.41) is 3.77. The lowest BCUT2D eigenvalue weighted by Crippen LogP contribution is -2.22. The molecule has 96 valence electrons. The molecule has 2 aromatic rings. The number of fused-ring (bicyclic) bond motifs is 3. The Labute approximate surface area is 114 Å². The molecule has 1 fully saturated rings. The highest BCUT2D eigenvalue weighted by atomic mass is 14.9. The third kappa shape index (κ3) is 1.98. The fourth-order valence-corrected chi connectivity index (χ4v) is 3.21. The Kier molecular flexibility index (Phi) is 2.66. The molecular formula is C18H19N. The summed E-state index contributed by atoms with van der Waals surface area (Å²) >= 11 is 0. The van der Waals surface area contributed by atoms with E-state index >= 15 is 0 Å². The lowest BCUT2D eigenvalue weighted by molar-refractivity contribution is 0.567. The van der Waals surface area contributed by atoms with Crippen molar-refractivity contribution < 1.29 is 0 Å². The van der Waals surface area contributed by atoms with Crippen LogP contribution in [0.4, 0.5) is 0 Å². The standard InChI is InChI=1S/C18H19N/c1-3-7-16-14(5-1)15-6-2-4-8-17(15)18(16)19-12-11-13-9-10-13/h1-8,13,18-19H,9-12H2. The van der Waals surface area contributed by atoms with Crippen LogP contribution in [0.5, 0.6) is 0 Å². The second-order valence-electron chi connectivity index (χ2n) is 5.79. The molecular weight excluding hydrogens is 230 g/mol. The van der Waals surface area contributed by atoms with E-state index in [1.165, 1.54) is 41.5 Å². The summed E-state index contributed by atoms with van der Waals surface area (Å²) in [6.07, 6.45) is 4.22. The molecule has 0 radical (unpaired) electrons. The Morgan fingerprint density at radius 3 is 2.00 bits per heavy atom. The molecule has 1 N–H and O–H groups in total. The minimum atomic E-state index is 0.395. The van der Waals surface area contributed by atoms with Crippen LogP contribution in [0.1, 0.15) is 36.4 Å². The van der Waals surface area contributed by atoms with E-state index in [-0.39, 0.29) is 0 Å². The number of nitrogens with one attached hydrogen (secondary N) is 1. The van der Waals surface area contributed by atoms with Gasteiger partial charge in [0, 0.05) is 0 Å². The van der Waals surface area contributed by atoms with Gasteiger partial charge in [-0.1, -0.05) is 61.4 Å². The van der Waals surface area contributed by atoms with Gasteiger partial charge in [-0.3, -0.25) is 0 Å². The molecule has 0 unspecified atom stereocenters. The van der Waals surface area contributed by atoms with E-state index in [1.807, 2.05) is 0 Å². The zero-order chi connectivity index (χ0) is 12.7. The van der Waals surface area contributed by atoms with Crippen molar-refractivity contribution in [2.24, 2.45) is 5.92 Å². The maximum Gasteiger partial charge on any atom is 0.0588 e. The summed E-state index contributed by atoms with van der Waals surface area (Å²) in [6, 6.07) is 18.0. The smallest absolute Gasteiger partial charge is 0.0588 e. The van der Waals surface area contributed by atoms with Crippen LogP contribution in [0.25, 0.3) is 11.1 Å². The van der Waals surface area contributed by atoms with Crippen molar-refractivity contribution in [3.8, 4) is 11.1 Å². The maximum absolute atomic E-state index is 3.77. The molecule has 1 heteroatoms. The van der Waals surface area contributed by atoms with Gasteiger partial charge in [0.2, 0.25) is 0 Å². The molecule has 0 heterocycles. The molecule has 0 atom stereocenters. The summed E-state index contributed by atoms with van der Waals surface area (Å²) in [5.74, 6) is 0.999. The van der Waals surface area contributed by atoms with Gasteiger partial charge in [0.1, 0.15) is 0 Å². The zero-order valence-corrected chi connectivity index (χ0v) is 11.1. The predicted molar refractivity (Wildman–Crippen MR) is 79.1 cm³/mol. The average molecular weight is 249 g/mol. The molecule has 2 aliphatic rings. The van der Waals surface area contributed by atoms with Crippen molar-refractivity contribution >= 4 is 0 Å². The lowest BCUT2D eigenvalue weighted by Gasteiger charge is -2.15. The molecule has 1 saturated carbocycles. The normalized spacial score (nSPS) is 17.3. The molecule has 1 nitrogen and oxygen atoms in total. The van der Waals surface area contributed by atoms with Crippen LogP contribution in [0.2, 0.25) is 0 Å². The highest BCUT2D eigenvalue weighted by molar-refractivity contribution is 5.78. The van der Waals surface area contributed by atoms with Gasteiger partial charge in [-0.25, -0.2) is 0 Å². The molecule has 4 rings (SSSR count). The lowest BCUT2D eigenvalue weighted by atomic mass is 10.1.